The second kappa shape index (κ2) is 5.01. The van der Waals surface area contributed by atoms with Crippen LogP contribution >= 0.6 is 0 Å². The number of pyridine rings is 1. The van der Waals surface area contributed by atoms with Crippen LogP contribution in [0.5, 0.6) is 0 Å². The van der Waals surface area contributed by atoms with E-state index >= 15 is 0 Å². The van der Waals surface area contributed by atoms with Crippen LogP contribution in [-0.2, 0) is 16.9 Å². The number of hydrogen-bond donors (Lipinski definition) is 2. The molecule has 0 saturated heterocycles. The summed E-state index contributed by atoms with van der Waals surface area (Å²) in [5.74, 6) is -0.270. The molecule has 2 rings (SSSR count). The summed E-state index contributed by atoms with van der Waals surface area (Å²) in [6, 6.07) is 7.00. The fourth-order valence-electron chi connectivity index (χ4n) is 1.64. The maximum absolute atomic E-state index is 11.5. The van der Waals surface area contributed by atoms with Crippen molar-refractivity contribution in [3.63, 3.8) is 0 Å². The maximum atomic E-state index is 11.5. The molecule has 0 aliphatic heterocycles. The van der Waals surface area contributed by atoms with Crippen molar-refractivity contribution in [1.29, 1.82) is 0 Å². The summed E-state index contributed by atoms with van der Waals surface area (Å²) in [5.41, 5.74) is -0.592. The molecule has 0 spiro atoms. The van der Waals surface area contributed by atoms with Crippen LogP contribution in [0.3, 0.4) is 0 Å². The molecule has 2 aromatic heterocycles. The van der Waals surface area contributed by atoms with Gasteiger partial charge in [0.1, 0.15) is 11.3 Å². The molecule has 5 nitrogen and oxygen atoms in total. The molecule has 2 heterocycles. The minimum atomic E-state index is -1.19. The number of carboxylic acids is 1. The van der Waals surface area contributed by atoms with E-state index in [1.54, 1.807) is 49.8 Å². The van der Waals surface area contributed by atoms with Gasteiger partial charge in [0.05, 0.1) is 12.8 Å². The summed E-state index contributed by atoms with van der Waals surface area (Å²) < 4.78 is 5.17. The van der Waals surface area contributed by atoms with Gasteiger partial charge in [-0.25, -0.2) is 4.79 Å². The van der Waals surface area contributed by atoms with Crippen molar-refractivity contribution in [2.75, 3.05) is 0 Å². The lowest BCUT2D eigenvalue weighted by atomic mass is 9.93. The van der Waals surface area contributed by atoms with Gasteiger partial charge < -0.3 is 9.52 Å². The number of nitrogens with one attached hydrogen (secondary N) is 1. The Labute approximate surface area is 104 Å². The quantitative estimate of drug-likeness (QED) is 0.840. The molecule has 2 aromatic rings. The summed E-state index contributed by atoms with van der Waals surface area (Å²) in [6.07, 6.45) is 4.71. The van der Waals surface area contributed by atoms with E-state index in [4.69, 9.17) is 4.42 Å². The SMILES string of the molecule is CC(NCc1ccco1)(C(=O)O)c1cccnc1. The molecule has 1 atom stereocenters. The summed E-state index contributed by atoms with van der Waals surface area (Å²) in [4.78, 5) is 15.4. The zero-order valence-electron chi connectivity index (χ0n) is 9.96. The Bertz CT molecular complexity index is 510. The van der Waals surface area contributed by atoms with Gasteiger partial charge in [-0.2, -0.15) is 0 Å². The van der Waals surface area contributed by atoms with Crippen molar-refractivity contribution >= 4 is 5.97 Å². The van der Waals surface area contributed by atoms with Crippen LogP contribution in [0.4, 0.5) is 0 Å². The Kier molecular flexibility index (Phi) is 3.43. The number of furan rings is 1. The third-order valence-corrected chi connectivity index (χ3v) is 2.86. The minimum absolute atomic E-state index is 0.338. The fourth-order valence-corrected chi connectivity index (χ4v) is 1.64. The smallest absolute Gasteiger partial charge is 0.328 e. The first-order chi connectivity index (χ1) is 8.63. The van der Waals surface area contributed by atoms with Crippen molar-refractivity contribution in [3.8, 4) is 0 Å². The zero-order valence-corrected chi connectivity index (χ0v) is 9.96. The molecule has 0 bridgehead atoms. The molecular formula is C13H14N2O3. The van der Waals surface area contributed by atoms with E-state index in [9.17, 15) is 9.90 Å². The predicted molar refractivity (Wildman–Crippen MR) is 64.8 cm³/mol. The van der Waals surface area contributed by atoms with Crippen LogP contribution in [-0.4, -0.2) is 16.1 Å². The standard InChI is InChI=1S/C13H14N2O3/c1-13(12(16)17,10-4-2-6-14-8-10)15-9-11-5-3-7-18-11/h2-8,15H,9H2,1H3,(H,16,17). The molecular weight excluding hydrogens is 232 g/mol. The molecule has 0 fully saturated rings. The van der Waals surface area contributed by atoms with E-state index in [0.717, 1.165) is 0 Å². The lowest BCUT2D eigenvalue weighted by molar-refractivity contribution is -0.144. The second-order valence-electron chi connectivity index (χ2n) is 4.10. The lowest BCUT2D eigenvalue weighted by Crippen LogP contribution is -2.46. The third kappa shape index (κ3) is 2.41. The molecule has 0 radical (unpaired) electrons. The average Bonchev–Trinajstić information content (AvgIpc) is 2.90. The molecule has 0 amide bonds. The van der Waals surface area contributed by atoms with Crippen LogP contribution in [0.2, 0.25) is 0 Å². The molecule has 0 aromatic carbocycles. The van der Waals surface area contributed by atoms with E-state index in [1.807, 2.05) is 0 Å². The predicted octanol–water partition coefficient (Wildman–Crippen LogP) is 1.76. The van der Waals surface area contributed by atoms with E-state index in [-0.39, 0.29) is 0 Å². The third-order valence-electron chi connectivity index (χ3n) is 2.86. The zero-order chi connectivity index (χ0) is 13.0. The van der Waals surface area contributed by atoms with E-state index in [0.29, 0.717) is 17.9 Å². The van der Waals surface area contributed by atoms with Gasteiger partial charge in [0.25, 0.3) is 0 Å². The van der Waals surface area contributed by atoms with Gasteiger partial charge in [-0.05, 0) is 25.1 Å². The highest BCUT2D eigenvalue weighted by Gasteiger charge is 2.35. The van der Waals surface area contributed by atoms with E-state index < -0.39 is 11.5 Å². The first-order valence-electron chi connectivity index (χ1n) is 5.54. The molecule has 0 saturated carbocycles. The van der Waals surface area contributed by atoms with E-state index in [2.05, 4.69) is 10.3 Å². The van der Waals surface area contributed by atoms with Gasteiger partial charge in [0.15, 0.2) is 0 Å². The molecule has 5 heteroatoms. The van der Waals surface area contributed by atoms with Crippen LogP contribution in [0.1, 0.15) is 18.2 Å². The number of nitrogens with zero attached hydrogens (tertiary/aromatic N) is 1. The average molecular weight is 246 g/mol. The van der Waals surface area contributed by atoms with Crippen molar-refractivity contribution in [1.82, 2.24) is 10.3 Å². The normalized spacial score (nSPS) is 14.1. The summed E-state index contributed by atoms with van der Waals surface area (Å²) in [6.45, 7) is 1.94. The number of aliphatic carboxylic acids is 1. The van der Waals surface area contributed by atoms with Gasteiger partial charge in [-0.1, -0.05) is 6.07 Å². The molecule has 1 unspecified atom stereocenters. The van der Waals surface area contributed by atoms with Crippen molar-refractivity contribution in [2.24, 2.45) is 0 Å². The Morgan fingerprint density at radius 2 is 2.33 bits per heavy atom. The molecule has 18 heavy (non-hydrogen) atoms. The fraction of sp³-hybridized carbons (Fsp3) is 0.231. The van der Waals surface area contributed by atoms with Crippen LogP contribution in [0, 0.1) is 0 Å². The first kappa shape index (κ1) is 12.3. The number of aromatic nitrogens is 1. The first-order valence-corrected chi connectivity index (χ1v) is 5.54. The van der Waals surface area contributed by atoms with Gasteiger partial charge in [-0.3, -0.25) is 10.3 Å². The largest absolute Gasteiger partial charge is 0.480 e. The maximum Gasteiger partial charge on any atom is 0.328 e. The highest BCUT2D eigenvalue weighted by atomic mass is 16.4. The van der Waals surface area contributed by atoms with E-state index in [1.165, 1.54) is 0 Å². The summed E-state index contributed by atoms with van der Waals surface area (Å²) in [7, 11) is 0. The Hall–Kier alpha value is -2.14. The molecule has 0 aliphatic carbocycles. The minimum Gasteiger partial charge on any atom is -0.480 e. The number of rotatable bonds is 5. The molecule has 2 N–H and O–H groups in total. The van der Waals surface area contributed by atoms with Crippen molar-refractivity contribution in [3.05, 3.63) is 54.2 Å². The van der Waals surface area contributed by atoms with Crippen molar-refractivity contribution in [2.45, 2.75) is 19.0 Å². The Morgan fingerprint density at radius 3 is 2.89 bits per heavy atom. The van der Waals surface area contributed by atoms with Gasteiger partial charge in [0.2, 0.25) is 0 Å². The summed E-state index contributed by atoms with van der Waals surface area (Å²) in [5, 5.41) is 12.4. The molecule has 94 valence electrons. The van der Waals surface area contributed by atoms with Crippen LogP contribution < -0.4 is 5.32 Å². The summed E-state index contributed by atoms with van der Waals surface area (Å²) >= 11 is 0. The number of carboxylic acid groups (broad SMARTS) is 1. The highest BCUT2D eigenvalue weighted by molar-refractivity contribution is 5.80. The Balaban J connectivity index is 2.20. The second-order valence-corrected chi connectivity index (χ2v) is 4.10. The number of hydrogen-bond acceptors (Lipinski definition) is 4. The topological polar surface area (TPSA) is 75.4 Å². The van der Waals surface area contributed by atoms with Gasteiger partial charge in [-0.15, -0.1) is 0 Å². The van der Waals surface area contributed by atoms with Crippen LogP contribution in [0.15, 0.2) is 47.3 Å². The van der Waals surface area contributed by atoms with Gasteiger partial charge in [0, 0.05) is 18.0 Å². The molecule has 0 aliphatic rings. The lowest BCUT2D eigenvalue weighted by Gasteiger charge is -2.26. The number of carbonyl (C=O) groups is 1. The van der Waals surface area contributed by atoms with Gasteiger partial charge >= 0.3 is 5.97 Å². The monoisotopic (exact) mass is 246 g/mol. The highest BCUT2D eigenvalue weighted by Crippen LogP contribution is 2.20. The van der Waals surface area contributed by atoms with Crippen molar-refractivity contribution < 1.29 is 14.3 Å². The van der Waals surface area contributed by atoms with Crippen LogP contribution in [0.25, 0.3) is 0 Å². The Morgan fingerprint density at radius 1 is 1.50 bits per heavy atom.